The van der Waals surface area contributed by atoms with Gasteiger partial charge in [-0.2, -0.15) is 0 Å². The average Bonchev–Trinajstić information content (AvgIpc) is 2.36. The number of benzene rings is 2. The number of carbonyl (C=O) groups excluding carboxylic acids is 1. The van der Waals surface area contributed by atoms with Crippen LogP contribution in [0.1, 0.15) is 17.5 Å². The third kappa shape index (κ3) is 3.75. The number of rotatable bonds is 4. The lowest BCUT2D eigenvalue weighted by atomic mass is 10.0. The van der Waals surface area contributed by atoms with Crippen molar-refractivity contribution >= 4 is 5.97 Å². The monoisotopic (exact) mass is 272 g/mol. The molecule has 4 heteroatoms. The van der Waals surface area contributed by atoms with Crippen molar-refractivity contribution in [2.45, 2.75) is 19.8 Å². The largest absolute Gasteiger partial charge is 0.508 e. The van der Waals surface area contributed by atoms with Crippen molar-refractivity contribution in [1.29, 1.82) is 0 Å². The van der Waals surface area contributed by atoms with E-state index in [1.54, 1.807) is 0 Å². The van der Waals surface area contributed by atoms with E-state index in [9.17, 15) is 15.0 Å². The molecule has 0 bridgehead atoms. The number of carbonyl (C=O) groups is 1. The Morgan fingerprint density at radius 1 is 1.10 bits per heavy atom. The minimum absolute atomic E-state index is 0.136. The highest BCUT2D eigenvalue weighted by Gasteiger charge is 2.08. The van der Waals surface area contributed by atoms with E-state index >= 15 is 0 Å². The summed E-state index contributed by atoms with van der Waals surface area (Å²) in [5, 5.41) is 18.6. The van der Waals surface area contributed by atoms with E-state index in [0.29, 0.717) is 6.42 Å². The second kappa shape index (κ2) is 6.10. The molecule has 2 aromatic carbocycles. The fourth-order valence-electron chi connectivity index (χ4n) is 1.94. The zero-order valence-corrected chi connectivity index (χ0v) is 11.2. The first kappa shape index (κ1) is 13.9. The Kier molecular flexibility index (Phi) is 4.25. The van der Waals surface area contributed by atoms with Crippen LogP contribution in [0.3, 0.4) is 0 Å². The summed E-state index contributed by atoms with van der Waals surface area (Å²) in [4.78, 5) is 11.7. The molecule has 2 N–H and O–H groups in total. The van der Waals surface area contributed by atoms with Gasteiger partial charge in [0.2, 0.25) is 0 Å². The summed E-state index contributed by atoms with van der Waals surface area (Å²) in [5.74, 6) is -0.561. The van der Waals surface area contributed by atoms with E-state index in [0.717, 1.165) is 11.1 Å². The minimum Gasteiger partial charge on any atom is -0.508 e. The summed E-state index contributed by atoms with van der Waals surface area (Å²) in [5.41, 5.74) is 2.23. The number of hydrogen-bond donors (Lipinski definition) is 2. The maximum Gasteiger partial charge on any atom is 0.311 e. The van der Waals surface area contributed by atoms with Gasteiger partial charge in [-0.15, -0.1) is 0 Å². The zero-order chi connectivity index (χ0) is 14.5. The quantitative estimate of drug-likeness (QED) is 0.663. The Labute approximate surface area is 117 Å². The van der Waals surface area contributed by atoms with Crippen LogP contribution in [-0.2, 0) is 11.2 Å². The molecule has 0 saturated heterocycles. The van der Waals surface area contributed by atoms with Crippen molar-refractivity contribution in [3.05, 3.63) is 53.6 Å². The standard InChI is InChI=1S/C16H16O4/c1-11-4-2-3-5-12(11)6-7-16(19)20-15-9-13(17)8-14(18)10-15/h2-5,8-10,17-18H,6-7H2,1H3. The lowest BCUT2D eigenvalue weighted by Crippen LogP contribution is -2.09. The molecule has 2 rings (SSSR count). The average molecular weight is 272 g/mol. The summed E-state index contributed by atoms with van der Waals surface area (Å²) in [6, 6.07) is 11.6. The van der Waals surface area contributed by atoms with Gasteiger partial charge < -0.3 is 14.9 Å². The van der Waals surface area contributed by atoms with Crippen molar-refractivity contribution in [2.24, 2.45) is 0 Å². The van der Waals surface area contributed by atoms with Gasteiger partial charge in [0.1, 0.15) is 17.2 Å². The molecule has 0 aliphatic heterocycles. The van der Waals surface area contributed by atoms with E-state index in [1.165, 1.54) is 18.2 Å². The second-order valence-corrected chi connectivity index (χ2v) is 4.59. The van der Waals surface area contributed by atoms with Gasteiger partial charge in [0.05, 0.1) is 0 Å². The normalized spacial score (nSPS) is 10.2. The molecule has 0 amide bonds. The zero-order valence-electron chi connectivity index (χ0n) is 11.2. The minimum atomic E-state index is -0.404. The van der Waals surface area contributed by atoms with Gasteiger partial charge in [-0.25, -0.2) is 0 Å². The molecular formula is C16H16O4. The number of aryl methyl sites for hydroxylation is 2. The van der Waals surface area contributed by atoms with Crippen LogP contribution in [0, 0.1) is 6.92 Å². The predicted molar refractivity (Wildman–Crippen MR) is 74.9 cm³/mol. The van der Waals surface area contributed by atoms with Gasteiger partial charge in [0.25, 0.3) is 0 Å². The van der Waals surface area contributed by atoms with Crippen molar-refractivity contribution in [1.82, 2.24) is 0 Å². The molecule has 0 unspecified atom stereocenters. The summed E-state index contributed by atoms with van der Waals surface area (Å²) in [7, 11) is 0. The molecule has 0 radical (unpaired) electrons. The summed E-state index contributed by atoms with van der Waals surface area (Å²) in [6.07, 6.45) is 0.831. The molecular weight excluding hydrogens is 256 g/mol. The number of hydrogen-bond acceptors (Lipinski definition) is 4. The lowest BCUT2D eigenvalue weighted by Gasteiger charge is -2.07. The van der Waals surface area contributed by atoms with Gasteiger partial charge in [-0.1, -0.05) is 24.3 Å². The van der Waals surface area contributed by atoms with Gasteiger partial charge >= 0.3 is 5.97 Å². The fraction of sp³-hybridized carbons (Fsp3) is 0.188. The van der Waals surface area contributed by atoms with E-state index in [-0.39, 0.29) is 23.7 Å². The van der Waals surface area contributed by atoms with Gasteiger partial charge in [0, 0.05) is 24.6 Å². The van der Waals surface area contributed by atoms with E-state index in [2.05, 4.69) is 0 Å². The smallest absolute Gasteiger partial charge is 0.311 e. The highest BCUT2D eigenvalue weighted by molar-refractivity contribution is 5.73. The van der Waals surface area contributed by atoms with Crippen molar-refractivity contribution in [2.75, 3.05) is 0 Å². The summed E-state index contributed by atoms with van der Waals surface area (Å²) < 4.78 is 5.08. The molecule has 2 aromatic rings. The SMILES string of the molecule is Cc1ccccc1CCC(=O)Oc1cc(O)cc(O)c1. The number of aromatic hydroxyl groups is 2. The third-order valence-corrected chi connectivity index (χ3v) is 2.97. The summed E-state index contributed by atoms with van der Waals surface area (Å²) in [6.45, 7) is 1.99. The lowest BCUT2D eigenvalue weighted by molar-refractivity contribution is -0.134. The Morgan fingerprint density at radius 3 is 2.40 bits per heavy atom. The first-order valence-electron chi connectivity index (χ1n) is 6.33. The molecule has 0 aromatic heterocycles. The number of phenolic OH excluding ortho intramolecular Hbond substituents is 2. The molecule has 0 atom stereocenters. The molecule has 4 nitrogen and oxygen atoms in total. The van der Waals surface area contributed by atoms with Crippen molar-refractivity contribution in [3.63, 3.8) is 0 Å². The van der Waals surface area contributed by atoms with Crippen LogP contribution in [0.4, 0.5) is 0 Å². The van der Waals surface area contributed by atoms with Crippen molar-refractivity contribution < 1.29 is 19.7 Å². The molecule has 0 heterocycles. The first-order valence-corrected chi connectivity index (χ1v) is 6.33. The van der Waals surface area contributed by atoms with Crippen LogP contribution >= 0.6 is 0 Å². The number of ether oxygens (including phenoxy) is 1. The molecule has 0 aliphatic rings. The Bertz CT molecular complexity index is 599. The summed E-state index contributed by atoms with van der Waals surface area (Å²) >= 11 is 0. The second-order valence-electron chi connectivity index (χ2n) is 4.59. The van der Waals surface area contributed by atoms with Crippen LogP contribution < -0.4 is 4.74 Å². The van der Waals surface area contributed by atoms with Crippen LogP contribution in [0.25, 0.3) is 0 Å². The number of phenols is 2. The maximum atomic E-state index is 11.7. The molecule has 104 valence electrons. The molecule has 0 fully saturated rings. The fourth-order valence-corrected chi connectivity index (χ4v) is 1.94. The van der Waals surface area contributed by atoms with E-state index < -0.39 is 5.97 Å². The van der Waals surface area contributed by atoms with E-state index in [4.69, 9.17) is 4.74 Å². The first-order chi connectivity index (χ1) is 9.54. The highest BCUT2D eigenvalue weighted by Crippen LogP contribution is 2.26. The van der Waals surface area contributed by atoms with Crippen LogP contribution in [-0.4, -0.2) is 16.2 Å². The Morgan fingerprint density at radius 2 is 1.75 bits per heavy atom. The van der Waals surface area contributed by atoms with Gasteiger partial charge in [0.15, 0.2) is 0 Å². The van der Waals surface area contributed by atoms with Gasteiger partial charge in [-0.3, -0.25) is 4.79 Å². The molecule has 0 saturated carbocycles. The number of esters is 1. The van der Waals surface area contributed by atoms with Crippen LogP contribution in [0.5, 0.6) is 17.2 Å². The van der Waals surface area contributed by atoms with E-state index in [1.807, 2.05) is 31.2 Å². The van der Waals surface area contributed by atoms with Gasteiger partial charge in [-0.05, 0) is 24.5 Å². The molecule has 0 spiro atoms. The maximum absolute atomic E-state index is 11.7. The topological polar surface area (TPSA) is 66.8 Å². The molecule has 0 aliphatic carbocycles. The van der Waals surface area contributed by atoms with Crippen LogP contribution in [0.15, 0.2) is 42.5 Å². The Balaban J connectivity index is 1.94. The highest BCUT2D eigenvalue weighted by atomic mass is 16.5. The predicted octanol–water partition coefficient (Wildman–Crippen LogP) is 2.94. The Hall–Kier alpha value is -2.49. The third-order valence-electron chi connectivity index (χ3n) is 2.97. The van der Waals surface area contributed by atoms with Crippen molar-refractivity contribution in [3.8, 4) is 17.2 Å². The van der Waals surface area contributed by atoms with Crippen LogP contribution in [0.2, 0.25) is 0 Å². The molecule has 20 heavy (non-hydrogen) atoms.